The molecule has 2 aromatic heterocycles. The summed E-state index contributed by atoms with van der Waals surface area (Å²) in [6.45, 7) is 9.80. The molecule has 0 saturated heterocycles. The number of nitrogens with zero attached hydrogens (tertiary/aromatic N) is 4. The average molecular weight is 464 g/mol. The minimum absolute atomic E-state index is 0.288. The van der Waals surface area contributed by atoms with Gasteiger partial charge in [0.1, 0.15) is 11.8 Å². The highest BCUT2D eigenvalue weighted by atomic mass is 16.5. The van der Waals surface area contributed by atoms with Crippen LogP contribution < -0.4 is 5.32 Å². The van der Waals surface area contributed by atoms with Gasteiger partial charge in [0.05, 0.1) is 30.3 Å². The standard InChI is InChI=1S/C28H25N5O2/c1-19-15-26(33(32-19)24-10-6-8-22(17-24)29-2)28(34)31-23-9-5-7-21(16-23)27(35-18-20-12-13-20)25-11-3-4-14-30-25/h3-11,14-17,20,27H,12-13,18H2,1H3,(H,31,34). The van der Waals surface area contributed by atoms with Gasteiger partial charge in [0.25, 0.3) is 5.91 Å². The molecule has 1 saturated carbocycles. The predicted octanol–water partition coefficient (Wildman–Crippen LogP) is 5.89. The van der Waals surface area contributed by atoms with Gasteiger partial charge in [-0.15, -0.1) is 0 Å². The molecule has 0 radical (unpaired) electrons. The van der Waals surface area contributed by atoms with Crippen LogP contribution in [0.4, 0.5) is 11.4 Å². The first-order valence-corrected chi connectivity index (χ1v) is 11.6. The molecule has 0 bridgehead atoms. The number of nitrogens with one attached hydrogen (secondary N) is 1. The van der Waals surface area contributed by atoms with Crippen LogP contribution in [0.5, 0.6) is 0 Å². The van der Waals surface area contributed by atoms with Gasteiger partial charge in [-0.2, -0.15) is 5.10 Å². The van der Waals surface area contributed by atoms with Gasteiger partial charge in [-0.1, -0.05) is 30.3 Å². The van der Waals surface area contributed by atoms with Crippen molar-refractivity contribution in [2.24, 2.45) is 5.92 Å². The number of pyridine rings is 1. The number of hydrogen-bond donors (Lipinski definition) is 1. The van der Waals surface area contributed by atoms with Crippen molar-refractivity contribution in [2.75, 3.05) is 11.9 Å². The maximum Gasteiger partial charge on any atom is 0.274 e. The van der Waals surface area contributed by atoms with Crippen molar-refractivity contribution >= 4 is 17.3 Å². The molecule has 1 aliphatic carbocycles. The highest BCUT2D eigenvalue weighted by Crippen LogP contribution is 2.33. The molecule has 1 amide bonds. The van der Waals surface area contributed by atoms with E-state index in [1.807, 2.05) is 55.5 Å². The molecule has 2 heterocycles. The fraction of sp³-hybridized carbons (Fsp3) is 0.214. The van der Waals surface area contributed by atoms with Crippen LogP contribution in [-0.4, -0.2) is 27.3 Å². The number of rotatable bonds is 8. The molecule has 1 atom stereocenters. The molecular weight excluding hydrogens is 438 g/mol. The summed E-state index contributed by atoms with van der Waals surface area (Å²) in [6, 6.07) is 22.3. The van der Waals surface area contributed by atoms with Crippen LogP contribution in [0.3, 0.4) is 0 Å². The van der Waals surface area contributed by atoms with E-state index >= 15 is 0 Å². The summed E-state index contributed by atoms with van der Waals surface area (Å²) in [7, 11) is 0. The van der Waals surface area contributed by atoms with Gasteiger partial charge < -0.3 is 10.1 Å². The minimum Gasteiger partial charge on any atom is -0.367 e. The lowest BCUT2D eigenvalue weighted by Crippen LogP contribution is -2.17. The number of anilines is 1. The van der Waals surface area contributed by atoms with Crippen LogP contribution in [0.1, 0.15) is 46.4 Å². The van der Waals surface area contributed by atoms with E-state index in [-0.39, 0.29) is 12.0 Å². The number of aryl methyl sites for hydroxylation is 1. The molecule has 7 heteroatoms. The Kier molecular flexibility index (Phi) is 6.38. The maximum absolute atomic E-state index is 13.3. The first kappa shape index (κ1) is 22.5. The van der Waals surface area contributed by atoms with E-state index in [4.69, 9.17) is 11.3 Å². The highest BCUT2D eigenvalue weighted by Gasteiger charge is 2.25. The first-order chi connectivity index (χ1) is 17.1. The Morgan fingerprint density at radius 2 is 2.00 bits per heavy atom. The van der Waals surface area contributed by atoms with E-state index in [0.29, 0.717) is 41.0 Å². The monoisotopic (exact) mass is 463 g/mol. The number of carbonyl (C=O) groups excluding carboxylic acids is 1. The SMILES string of the molecule is [C-]#[N+]c1cccc(-n2nc(C)cc2C(=O)Nc2cccc(C(OCC3CC3)c3ccccn3)c2)c1. The highest BCUT2D eigenvalue weighted by molar-refractivity contribution is 6.03. The molecule has 4 aromatic rings. The molecule has 1 unspecified atom stereocenters. The summed E-state index contributed by atoms with van der Waals surface area (Å²) in [4.78, 5) is 21.3. The Balaban J connectivity index is 1.40. The van der Waals surface area contributed by atoms with Crippen LogP contribution in [0.2, 0.25) is 0 Å². The first-order valence-electron chi connectivity index (χ1n) is 11.6. The van der Waals surface area contributed by atoms with E-state index in [1.165, 1.54) is 12.8 Å². The zero-order chi connectivity index (χ0) is 24.2. The molecule has 1 N–H and O–H groups in total. The average Bonchev–Trinajstić information content (AvgIpc) is 3.63. The molecule has 1 aliphatic rings. The Labute approximate surface area is 204 Å². The Hall–Kier alpha value is -4.28. The third-order valence-corrected chi connectivity index (χ3v) is 5.87. The second-order valence-corrected chi connectivity index (χ2v) is 8.71. The lowest BCUT2D eigenvalue weighted by atomic mass is 10.0. The molecule has 2 aromatic carbocycles. The number of hydrogen-bond acceptors (Lipinski definition) is 4. The van der Waals surface area contributed by atoms with Crippen molar-refractivity contribution < 1.29 is 9.53 Å². The summed E-state index contributed by atoms with van der Waals surface area (Å²) < 4.78 is 7.84. The van der Waals surface area contributed by atoms with E-state index in [2.05, 4.69) is 20.2 Å². The normalized spacial score (nSPS) is 13.7. The Morgan fingerprint density at radius 1 is 1.14 bits per heavy atom. The van der Waals surface area contributed by atoms with Crippen molar-refractivity contribution in [1.82, 2.24) is 14.8 Å². The number of benzene rings is 2. The predicted molar refractivity (Wildman–Crippen MR) is 134 cm³/mol. The quantitative estimate of drug-likeness (QED) is 0.331. The van der Waals surface area contributed by atoms with Crippen LogP contribution in [0.25, 0.3) is 10.5 Å². The number of amides is 1. The summed E-state index contributed by atoms with van der Waals surface area (Å²) in [5, 5.41) is 7.47. The Morgan fingerprint density at radius 3 is 2.77 bits per heavy atom. The van der Waals surface area contributed by atoms with Crippen molar-refractivity contribution in [1.29, 1.82) is 0 Å². The fourth-order valence-electron chi connectivity index (χ4n) is 3.93. The van der Waals surface area contributed by atoms with Crippen molar-refractivity contribution in [3.8, 4) is 5.69 Å². The Bertz CT molecular complexity index is 1390. The molecule has 5 rings (SSSR count). The van der Waals surface area contributed by atoms with Gasteiger partial charge in [-0.05, 0) is 73.7 Å². The van der Waals surface area contributed by atoms with Crippen molar-refractivity contribution in [3.05, 3.63) is 113 Å². The zero-order valence-electron chi connectivity index (χ0n) is 19.4. The molecule has 174 valence electrons. The minimum atomic E-state index is -0.308. The summed E-state index contributed by atoms with van der Waals surface area (Å²) in [5.74, 6) is 0.332. The molecule has 0 spiro atoms. The van der Waals surface area contributed by atoms with Gasteiger partial charge in [-0.25, -0.2) is 9.53 Å². The van der Waals surface area contributed by atoms with E-state index in [9.17, 15) is 4.79 Å². The van der Waals surface area contributed by atoms with Crippen LogP contribution in [0.15, 0.2) is 79.0 Å². The second-order valence-electron chi connectivity index (χ2n) is 8.71. The van der Waals surface area contributed by atoms with Gasteiger partial charge in [0.15, 0.2) is 5.69 Å². The molecule has 0 aliphatic heterocycles. The number of ether oxygens (including phenoxy) is 1. The van der Waals surface area contributed by atoms with E-state index in [0.717, 1.165) is 11.3 Å². The van der Waals surface area contributed by atoms with Gasteiger partial charge >= 0.3 is 0 Å². The largest absolute Gasteiger partial charge is 0.367 e. The van der Waals surface area contributed by atoms with Crippen molar-refractivity contribution in [3.63, 3.8) is 0 Å². The van der Waals surface area contributed by atoms with Gasteiger partial charge in [-0.3, -0.25) is 9.78 Å². The van der Waals surface area contributed by atoms with Crippen LogP contribution in [0, 0.1) is 19.4 Å². The maximum atomic E-state index is 13.3. The molecule has 7 nitrogen and oxygen atoms in total. The summed E-state index contributed by atoms with van der Waals surface area (Å²) >= 11 is 0. The smallest absolute Gasteiger partial charge is 0.274 e. The number of carbonyl (C=O) groups is 1. The van der Waals surface area contributed by atoms with Gasteiger partial charge in [0.2, 0.25) is 0 Å². The second kappa shape index (κ2) is 9.92. The summed E-state index contributed by atoms with van der Waals surface area (Å²) in [6.07, 6.45) is 3.87. The lowest BCUT2D eigenvalue weighted by Gasteiger charge is -2.19. The zero-order valence-corrected chi connectivity index (χ0v) is 19.4. The topological polar surface area (TPSA) is 73.4 Å². The van der Waals surface area contributed by atoms with Crippen LogP contribution in [-0.2, 0) is 4.74 Å². The van der Waals surface area contributed by atoms with Gasteiger partial charge in [0, 0.05) is 11.9 Å². The molecular formula is C28H25N5O2. The molecule has 1 fully saturated rings. The van der Waals surface area contributed by atoms with E-state index in [1.54, 1.807) is 35.1 Å². The third kappa shape index (κ3) is 5.29. The fourth-order valence-corrected chi connectivity index (χ4v) is 3.93. The summed E-state index contributed by atoms with van der Waals surface area (Å²) in [5.41, 5.74) is 4.67. The van der Waals surface area contributed by atoms with Crippen molar-refractivity contribution in [2.45, 2.75) is 25.9 Å². The lowest BCUT2D eigenvalue weighted by molar-refractivity contribution is 0.0691. The molecule has 35 heavy (non-hydrogen) atoms. The van der Waals surface area contributed by atoms with Crippen LogP contribution >= 0.6 is 0 Å². The third-order valence-electron chi connectivity index (χ3n) is 5.87. The van der Waals surface area contributed by atoms with E-state index < -0.39 is 0 Å². The number of aromatic nitrogens is 3.